The van der Waals surface area contributed by atoms with Gasteiger partial charge >= 0.3 is 5.97 Å². The van der Waals surface area contributed by atoms with Gasteiger partial charge < -0.3 is 9.47 Å². The molecule has 0 aliphatic rings. The van der Waals surface area contributed by atoms with Crippen molar-refractivity contribution in [2.24, 2.45) is 0 Å². The Bertz CT molecular complexity index is 370. The number of carbonyl (C=O) groups is 1. The van der Waals surface area contributed by atoms with Gasteiger partial charge in [0.05, 0.1) is 13.1 Å². The van der Waals surface area contributed by atoms with E-state index in [4.69, 9.17) is 15.9 Å². The molecule has 0 fully saturated rings. The molecule has 1 aromatic carbocycles. The van der Waals surface area contributed by atoms with Crippen molar-refractivity contribution in [1.29, 1.82) is 0 Å². The largest absolute Gasteiger partial charge is 0.490 e. The Hall–Kier alpha value is -1.99. The van der Waals surface area contributed by atoms with Crippen LogP contribution < -0.4 is 10.1 Å². The third-order valence-electron chi connectivity index (χ3n) is 1.85. The molecule has 0 aliphatic heterocycles. The van der Waals surface area contributed by atoms with Gasteiger partial charge in [0.15, 0.2) is 0 Å². The first-order valence-corrected chi connectivity index (χ1v) is 5.30. The maximum absolute atomic E-state index is 11.1. The summed E-state index contributed by atoms with van der Waals surface area (Å²) in [4.78, 5) is 11.1. The zero-order chi connectivity index (χ0) is 12.3. The molecular weight excluding hydrogens is 218 g/mol. The normalized spacial score (nSPS) is 9.35. The van der Waals surface area contributed by atoms with Crippen LogP contribution >= 0.6 is 0 Å². The minimum absolute atomic E-state index is 0.121. The second-order valence-electron chi connectivity index (χ2n) is 3.19. The number of terminal acetylenes is 1. The highest BCUT2D eigenvalue weighted by Crippen LogP contribution is 2.07. The zero-order valence-electron chi connectivity index (χ0n) is 9.52. The average molecular weight is 233 g/mol. The molecule has 0 aromatic heterocycles. The number of carbonyl (C=O) groups excluding carboxylic acids is 1. The van der Waals surface area contributed by atoms with Crippen molar-refractivity contribution in [3.63, 3.8) is 0 Å². The number of esters is 1. The predicted molar refractivity (Wildman–Crippen MR) is 64.6 cm³/mol. The Labute approximate surface area is 101 Å². The molecule has 1 rings (SSSR count). The fourth-order valence-corrected chi connectivity index (χ4v) is 1.12. The molecule has 4 heteroatoms. The van der Waals surface area contributed by atoms with Crippen molar-refractivity contribution in [1.82, 2.24) is 5.32 Å². The van der Waals surface area contributed by atoms with Crippen LogP contribution in [0.3, 0.4) is 0 Å². The van der Waals surface area contributed by atoms with E-state index < -0.39 is 0 Å². The van der Waals surface area contributed by atoms with E-state index in [-0.39, 0.29) is 19.1 Å². The Morgan fingerprint density at radius 1 is 1.29 bits per heavy atom. The minimum Gasteiger partial charge on any atom is -0.490 e. The Balaban J connectivity index is 2.04. The first-order chi connectivity index (χ1) is 8.33. The van der Waals surface area contributed by atoms with Gasteiger partial charge in [0, 0.05) is 0 Å². The lowest BCUT2D eigenvalue weighted by Gasteiger charge is -2.07. The van der Waals surface area contributed by atoms with Crippen molar-refractivity contribution < 1.29 is 14.3 Å². The Kier molecular flexibility index (Phi) is 6.30. The summed E-state index contributed by atoms with van der Waals surface area (Å²) in [6.45, 7) is 1.04. The predicted octanol–water partition coefficient (Wildman–Crippen LogP) is 0.831. The molecule has 1 N–H and O–H groups in total. The Morgan fingerprint density at radius 2 is 2.06 bits per heavy atom. The molecule has 0 unspecified atom stereocenters. The number of hydrogen-bond acceptors (Lipinski definition) is 4. The minimum atomic E-state index is -0.336. The van der Waals surface area contributed by atoms with Gasteiger partial charge in [0.25, 0.3) is 0 Å². The second-order valence-corrected chi connectivity index (χ2v) is 3.19. The lowest BCUT2D eigenvalue weighted by molar-refractivity contribution is -0.143. The fourth-order valence-electron chi connectivity index (χ4n) is 1.12. The van der Waals surface area contributed by atoms with Crippen LogP contribution in [0.1, 0.15) is 0 Å². The third kappa shape index (κ3) is 6.23. The molecule has 1 aromatic rings. The van der Waals surface area contributed by atoms with Crippen LogP contribution in [0.25, 0.3) is 0 Å². The van der Waals surface area contributed by atoms with Gasteiger partial charge in [-0.15, -0.1) is 6.42 Å². The van der Waals surface area contributed by atoms with Gasteiger partial charge in [-0.2, -0.15) is 0 Å². The van der Waals surface area contributed by atoms with Crippen molar-refractivity contribution in [2.75, 3.05) is 26.3 Å². The van der Waals surface area contributed by atoms with E-state index in [1.165, 1.54) is 0 Å². The quantitative estimate of drug-likeness (QED) is 0.430. The summed E-state index contributed by atoms with van der Waals surface area (Å²) in [5, 5.41) is 2.74. The molecule has 0 atom stereocenters. The summed E-state index contributed by atoms with van der Waals surface area (Å²) in [7, 11) is 0. The molecule has 4 nitrogen and oxygen atoms in total. The van der Waals surface area contributed by atoms with E-state index in [1.54, 1.807) is 0 Å². The van der Waals surface area contributed by atoms with Gasteiger partial charge in [0.1, 0.15) is 19.0 Å². The van der Waals surface area contributed by atoms with Crippen molar-refractivity contribution in [3.05, 3.63) is 30.3 Å². The first kappa shape index (κ1) is 13.1. The molecule has 0 saturated carbocycles. The number of hydrogen-bond donors (Lipinski definition) is 1. The van der Waals surface area contributed by atoms with Crippen molar-refractivity contribution in [2.45, 2.75) is 0 Å². The lowest BCUT2D eigenvalue weighted by atomic mass is 10.3. The van der Waals surface area contributed by atoms with Gasteiger partial charge in [-0.1, -0.05) is 24.1 Å². The highest BCUT2D eigenvalue weighted by Gasteiger charge is 2.00. The second kappa shape index (κ2) is 8.20. The highest BCUT2D eigenvalue weighted by atomic mass is 16.6. The van der Waals surface area contributed by atoms with Gasteiger partial charge in [-0.25, -0.2) is 0 Å². The number of para-hydroxylation sites is 1. The maximum atomic E-state index is 11.1. The number of benzene rings is 1. The van der Waals surface area contributed by atoms with Crippen LogP contribution in [-0.2, 0) is 9.53 Å². The van der Waals surface area contributed by atoms with E-state index in [0.717, 1.165) is 5.75 Å². The van der Waals surface area contributed by atoms with Crippen LogP contribution in [-0.4, -0.2) is 32.3 Å². The van der Waals surface area contributed by atoms with Gasteiger partial charge in [0.2, 0.25) is 0 Å². The summed E-state index contributed by atoms with van der Waals surface area (Å²) in [5.41, 5.74) is 0. The smallest absolute Gasteiger partial charge is 0.320 e. The van der Waals surface area contributed by atoms with Crippen molar-refractivity contribution in [3.8, 4) is 18.1 Å². The molecule has 17 heavy (non-hydrogen) atoms. The fraction of sp³-hybridized carbons (Fsp3) is 0.308. The molecule has 0 heterocycles. The van der Waals surface area contributed by atoms with E-state index >= 15 is 0 Å². The number of nitrogens with one attached hydrogen (secondary N) is 1. The van der Waals surface area contributed by atoms with Crippen LogP contribution in [0, 0.1) is 12.3 Å². The molecule has 0 aliphatic carbocycles. The number of rotatable bonds is 7. The molecule has 0 bridgehead atoms. The van der Waals surface area contributed by atoms with E-state index in [9.17, 15) is 4.79 Å². The topological polar surface area (TPSA) is 47.6 Å². The number of ether oxygens (including phenoxy) is 2. The molecule has 0 radical (unpaired) electrons. The van der Waals surface area contributed by atoms with Crippen molar-refractivity contribution >= 4 is 5.97 Å². The molecule has 90 valence electrons. The summed E-state index contributed by atoms with van der Waals surface area (Å²) in [5.74, 6) is 2.79. The van der Waals surface area contributed by atoms with Gasteiger partial charge in [-0.05, 0) is 12.1 Å². The van der Waals surface area contributed by atoms with E-state index in [1.807, 2.05) is 30.3 Å². The summed E-state index contributed by atoms with van der Waals surface area (Å²) in [6.07, 6.45) is 5.02. The lowest BCUT2D eigenvalue weighted by Crippen LogP contribution is -2.26. The molecule has 0 spiro atoms. The van der Waals surface area contributed by atoms with Crippen LogP contribution in [0.4, 0.5) is 0 Å². The summed E-state index contributed by atoms with van der Waals surface area (Å²) >= 11 is 0. The maximum Gasteiger partial charge on any atom is 0.320 e. The summed E-state index contributed by atoms with van der Waals surface area (Å²) < 4.78 is 10.3. The van der Waals surface area contributed by atoms with Gasteiger partial charge in [-0.3, -0.25) is 10.1 Å². The van der Waals surface area contributed by atoms with E-state index in [0.29, 0.717) is 13.2 Å². The third-order valence-corrected chi connectivity index (χ3v) is 1.85. The SMILES string of the molecule is C#CCNCC(=O)OCCOc1ccccc1. The highest BCUT2D eigenvalue weighted by molar-refractivity contribution is 5.71. The monoisotopic (exact) mass is 233 g/mol. The van der Waals surface area contributed by atoms with Crippen LogP contribution in [0.15, 0.2) is 30.3 Å². The Morgan fingerprint density at radius 3 is 2.76 bits per heavy atom. The molecule has 0 amide bonds. The van der Waals surface area contributed by atoms with E-state index in [2.05, 4.69) is 11.2 Å². The van der Waals surface area contributed by atoms with Crippen LogP contribution in [0.2, 0.25) is 0 Å². The molecule has 0 saturated heterocycles. The first-order valence-electron chi connectivity index (χ1n) is 5.30. The molecular formula is C13H15NO3. The summed E-state index contributed by atoms with van der Waals surface area (Å²) in [6, 6.07) is 9.35. The average Bonchev–Trinajstić information content (AvgIpc) is 2.36. The standard InChI is InChI=1S/C13H15NO3/c1-2-8-14-11-13(15)17-10-9-16-12-6-4-3-5-7-12/h1,3-7,14H,8-11H2. The van der Waals surface area contributed by atoms with Crippen LogP contribution in [0.5, 0.6) is 5.75 Å². The zero-order valence-corrected chi connectivity index (χ0v) is 9.52.